The van der Waals surface area contributed by atoms with Gasteiger partial charge in [-0.25, -0.2) is 4.98 Å². The number of halogens is 3. The van der Waals surface area contributed by atoms with Crippen LogP contribution in [-0.4, -0.2) is 16.7 Å². The average molecular weight is 241 g/mol. The lowest BCUT2D eigenvalue weighted by atomic mass is 10.2. The number of pyridine rings is 1. The molecule has 1 aromatic rings. The first kappa shape index (κ1) is 11.7. The molecule has 0 saturated heterocycles. The molecule has 1 heterocycles. The second-order valence-electron chi connectivity index (χ2n) is 4.20. The van der Waals surface area contributed by atoms with Crippen LogP contribution < -0.4 is 5.32 Å². The summed E-state index contributed by atoms with van der Waals surface area (Å²) in [5.74, 6) is 0.108. The Balaban J connectivity index is 2.26. The van der Waals surface area contributed by atoms with Crippen LogP contribution in [0.5, 0.6) is 0 Å². The molecule has 0 atom stereocenters. The van der Waals surface area contributed by atoms with Gasteiger partial charge in [0.2, 0.25) is 0 Å². The van der Waals surface area contributed by atoms with Gasteiger partial charge in [-0.05, 0) is 31.9 Å². The zero-order chi connectivity index (χ0) is 12.7. The fourth-order valence-electron chi connectivity index (χ4n) is 1.65. The number of aromatic nitrogens is 1. The lowest BCUT2D eigenvalue weighted by Gasteiger charge is -2.21. The summed E-state index contributed by atoms with van der Waals surface area (Å²) in [7, 11) is 0. The Kier molecular flexibility index (Phi) is 2.49. The molecular weight excluding hydrogens is 231 g/mol. The van der Waals surface area contributed by atoms with Gasteiger partial charge in [0.15, 0.2) is 0 Å². The van der Waals surface area contributed by atoms with Gasteiger partial charge >= 0.3 is 6.18 Å². The van der Waals surface area contributed by atoms with Gasteiger partial charge in [-0.1, -0.05) is 0 Å². The molecule has 1 N–H and O–H groups in total. The normalized spacial score (nSPS) is 17.4. The van der Waals surface area contributed by atoms with Gasteiger partial charge in [0, 0.05) is 5.69 Å². The van der Waals surface area contributed by atoms with Crippen LogP contribution in [0.3, 0.4) is 0 Å². The number of anilines is 1. The van der Waals surface area contributed by atoms with Crippen molar-refractivity contribution in [3.63, 3.8) is 0 Å². The molecule has 1 aliphatic carbocycles. The fourth-order valence-corrected chi connectivity index (χ4v) is 1.65. The molecular formula is C11H10F3N3. The summed E-state index contributed by atoms with van der Waals surface area (Å²) in [6.07, 6.45) is -4.19. The first-order valence-electron chi connectivity index (χ1n) is 5.10. The van der Waals surface area contributed by atoms with Crippen molar-refractivity contribution >= 4 is 5.82 Å². The van der Waals surface area contributed by atoms with Crippen LogP contribution in [0.4, 0.5) is 19.0 Å². The number of nitriles is 1. The van der Waals surface area contributed by atoms with E-state index in [4.69, 9.17) is 5.26 Å². The zero-order valence-electron chi connectivity index (χ0n) is 9.10. The molecule has 0 aliphatic heterocycles. The second kappa shape index (κ2) is 3.62. The molecule has 1 aliphatic rings. The Hall–Kier alpha value is -1.77. The van der Waals surface area contributed by atoms with Crippen molar-refractivity contribution < 1.29 is 13.2 Å². The van der Waals surface area contributed by atoms with E-state index < -0.39 is 11.7 Å². The Morgan fingerprint density at radius 3 is 2.53 bits per heavy atom. The minimum atomic E-state index is -4.29. The Bertz CT molecular complexity index is 484. The summed E-state index contributed by atoms with van der Waals surface area (Å²) >= 11 is 0. The van der Waals surface area contributed by atoms with Crippen molar-refractivity contribution in [3.8, 4) is 6.07 Å². The predicted molar refractivity (Wildman–Crippen MR) is 55.3 cm³/mol. The molecule has 1 fully saturated rings. The molecule has 0 bridgehead atoms. The molecule has 90 valence electrons. The molecule has 17 heavy (non-hydrogen) atoms. The number of nitrogens with one attached hydrogen (secondary N) is 1. The first-order valence-corrected chi connectivity index (χ1v) is 5.10. The quantitative estimate of drug-likeness (QED) is 0.866. The maximum Gasteiger partial charge on any atom is 0.411 e. The number of hydrogen-bond donors (Lipinski definition) is 1. The first-order chi connectivity index (χ1) is 7.86. The van der Waals surface area contributed by atoms with E-state index in [1.165, 1.54) is 12.1 Å². The summed E-state index contributed by atoms with van der Waals surface area (Å²) in [6, 6.07) is 4.75. The van der Waals surface area contributed by atoms with E-state index in [2.05, 4.69) is 10.3 Å². The summed E-state index contributed by atoms with van der Waals surface area (Å²) in [4.78, 5) is 3.96. The summed E-state index contributed by atoms with van der Waals surface area (Å²) in [6.45, 7) is 1.64. The van der Waals surface area contributed by atoms with Crippen LogP contribution in [0.25, 0.3) is 0 Å². The standard InChI is InChI=1S/C11H10F3N3/c1-7-4-8(6-15)5-9(16-7)17-10(2-3-10)11(12,13)14/h4-5H,2-3H2,1H3,(H,16,17). The number of nitrogens with zero attached hydrogens (tertiary/aromatic N) is 2. The fraction of sp³-hybridized carbons (Fsp3) is 0.455. The van der Waals surface area contributed by atoms with Crippen LogP contribution in [0.15, 0.2) is 12.1 Å². The smallest absolute Gasteiger partial charge is 0.356 e. The lowest BCUT2D eigenvalue weighted by molar-refractivity contribution is -0.151. The molecule has 0 amide bonds. The monoisotopic (exact) mass is 241 g/mol. The molecule has 0 spiro atoms. The highest BCUT2D eigenvalue weighted by Gasteiger charge is 2.63. The molecule has 6 heteroatoms. The maximum atomic E-state index is 12.7. The second-order valence-corrected chi connectivity index (χ2v) is 4.20. The predicted octanol–water partition coefficient (Wildman–Crippen LogP) is 2.77. The van der Waals surface area contributed by atoms with E-state index in [1.807, 2.05) is 6.07 Å². The summed E-state index contributed by atoms with van der Waals surface area (Å²) in [5, 5.41) is 11.1. The topological polar surface area (TPSA) is 48.7 Å². The molecule has 3 nitrogen and oxygen atoms in total. The highest BCUT2D eigenvalue weighted by atomic mass is 19.4. The summed E-state index contributed by atoms with van der Waals surface area (Å²) < 4.78 is 38.1. The largest absolute Gasteiger partial charge is 0.411 e. The number of hydrogen-bond acceptors (Lipinski definition) is 3. The third kappa shape index (κ3) is 2.18. The van der Waals surface area contributed by atoms with Gasteiger partial charge < -0.3 is 5.32 Å². The number of alkyl halides is 3. The van der Waals surface area contributed by atoms with Crippen molar-refractivity contribution in [2.24, 2.45) is 0 Å². The van der Waals surface area contributed by atoms with Crippen LogP contribution in [0.2, 0.25) is 0 Å². The SMILES string of the molecule is Cc1cc(C#N)cc(NC2(C(F)(F)F)CC2)n1. The molecule has 1 aromatic heterocycles. The van der Waals surface area contributed by atoms with E-state index in [1.54, 1.807) is 6.92 Å². The molecule has 0 unspecified atom stereocenters. The highest BCUT2D eigenvalue weighted by Crippen LogP contribution is 2.50. The van der Waals surface area contributed by atoms with Gasteiger partial charge in [0.05, 0.1) is 11.6 Å². The summed E-state index contributed by atoms with van der Waals surface area (Å²) in [5.41, 5.74) is -1.02. The molecule has 2 rings (SSSR count). The van der Waals surface area contributed by atoms with E-state index in [0.29, 0.717) is 11.3 Å². The number of rotatable bonds is 2. The minimum absolute atomic E-state index is 0.0496. The van der Waals surface area contributed by atoms with Crippen molar-refractivity contribution in [1.82, 2.24) is 4.98 Å². The van der Waals surface area contributed by atoms with Crippen LogP contribution in [0.1, 0.15) is 24.1 Å². The molecule has 0 radical (unpaired) electrons. The Morgan fingerprint density at radius 2 is 2.06 bits per heavy atom. The Morgan fingerprint density at radius 1 is 1.41 bits per heavy atom. The number of aryl methyl sites for hydroxylation is 1. The van der Waals surface area contributed by atoms with E-state index in [9.17, 15) is 13.2 Å². The van der Waals surface area contributed by atoms with Crippen molar-refractivity contribution in [2.75, 3.05) is 5.32 Å². The third-order valence-corrected chi connectivity index (χ3v) is 2.74. The van der Waals surface area contributed by atoms with Crippen molar-refractivity contribution in [2.45, 2.75) is 31.5 Å². The van der Waals surface area contributed by atoms with Gasteiger partial charge in [0.25, 0.3) is 0 Å². The van der Waals surface area contributed by atoms with E-state index in [0.717, 1.165) is 0 Å². The zero-order valence-corrected chi connectivity index (χ0v) is 9.10. The average Bonchev–Trinajstić information content (AvgIpc) is 2.97. The van der Waals surface area contributed by atoms with Gasteiger partial charge in [-0.3, -0.25) is 0 Å². The maximum absolute atomic E-state index is 12.7. The van der Waals surface area contributed by atoms with Gasteiger partial charge in [-0.15, -0.1) is 0 Å². The molecule has 0 aromatic carbocycles. The minimum Gasteiger partial charge on any atom is -0.356 e. The highest BCUT2D eigenvalue weighted by molar-refractivity contribution is 5.48. The van der Waals surface area contributed by atoms with Crippen LogP contribution in [0, 0.1) is 18.3 Å². The van der Waals surface area contributed by atoms with Crippen molar-refractivity contribution in [1.29, 1.82) is 5.26 Å². The van der Waals surface area contributed by atoms with Crippen LogP contribution in [-0.2, 0) is 0 Å². The third-order valence-electron chi connectivity index (χ3n) is 2.74. The van der Waals surface area contributed by atoms with Crippen molar-refractivity contribution in [3.05, 3.63) is 23.4 Å². The van der Waals surface area contributed by atoms with E-state index >= 15 is 0 Å². The Labute approximate surface area is 96.3 Å². The lowest BCUT2D eigenvalue weighted by Crippen LogP contribution is -2.39. The van der Waals surface area contributed by atoms with E-state index in [-0.39, 0.29) is 18.7 Å². The molecule has 1 saturated carbocycles. The van der Waals surface area contributed by atoms with Gasteiger partial charge in [-0.2, -0.15) is 18.4 Å². The van der Waals surface area contributed by atoms with Gasteiger partial charge in [0.1, 0.15) is 11.4 Å². The van der Waals surface area contributed by atoms with Crippen LogP contribution >= 0.6 is 0 Å².